The Bertz CT molecular complexity index is 703. The fourth-order valence-corrected chi connectivity index (χ4v) is 2.44. The third kappa shape index (κ3) is 2.90. The van der Waals surface area contributed by atoms with Crippen molar-refractivity contribution in [2.75, 3.05) is 11.4 Å². The second-order valence-electron chi connectivity index (χ2n) is 6.26. The van der Waals surface area contributed by atoms with Gasteiger partial charge < -0.3 is 4.90 Å². The van der Waals surface area contributed by atoms with Crippen molar-refractivity contribution in [2.24, 2.45) is 5.41 Å². The van der Waals surface area contributed by atoms with Gasteiger partial charge in [-0.25, -0.2) is 9.97 Å². The number of aromatic nitrogens is 2. The van der Waals surface area contributed by atoms with Crippen LogP contribution in [0.4, 0.5) is 11.6 Å². The zero-order valence-corrected chi connectivity index (χ0v) is 12.7. The molecule has 0 spiro atoms. The van der Waals surface area contributed by atoms with E-state index in [1.165, 1.54) is 11.3 Å². The van der Waals surface area contributed by atoms with Gasteiger partial charge in [-0.1, -0.05) is 24.0 Å². The standard InChI is InChI=1S/C18H19N3/c1-18(2,3)10-8-14-6-4-7-15-9-13-21(16(14)15)17-19-11-5-12-20-17/h4-7,11-12H,9,13H2,1-3H3. The van der Waals surface area contributed by atoms with Gasteiger partial charge in [0.2, 0.25) is 5.95 Å². The van der Waals surface area contributed by atoms with Gasteiger partial charge in [-0.2, -0.15) is 0 Å². The van der Waals surface area contributed by atoms with Crippen molar-refractivity contribution in [1.29, 1.82) is 0 Å². The summed E-state index contributed by atoms with van der Waals surface area (Å²) in [6, 6.07) is 8.17. The van der Waals surface area contributed by atoms with Gasteiger partial charge in [0.05, 0.1) is 5.69 Å². The lowest BCUT2D eigenvalue weighted by atomic mass is 9.97. The largest absolute Gasteiger partial charge is 0.309 e. The maximum Gasteiger partial charge on any atom is 0.229 e. The maximum atomic E-state index is 4.38. The van der Waals surface area contributed by atoms with Crippen LogP contribution in [0.3, 0.4) is 0 Å². The third-order valence-corrected chi connectivity index (χ3v) is 3.36. The molecule has 3 heteroatoms. The predicted molar refractivity (Wildman–Crippen MR) is 85.5 cm³/mol. The minimum absolute atomic E-state index is 0.00456. The second kappa shape index (κ2) is 5.21. The summed E-state index contributed by atoms with van der Waals surface area (Å²) in [6.45, 7) is 7.29. The number of hydrogen-bond acceptors (Lipinski definition) is 3. The summed E-state index contributed by atoms with van der Waals surface area (Å²) in [7, 11) is 0. The van der Waals surface area contributed by atoms with Crippen LogP contribution in [0.5, 0.6) is 0 Å². The van der Waals surface area contributed by atoms with Gasteiger partial charge in [-0.15, -0.1) is 0 Å². The van der Waals surface area contributed by atoms with E-state index in [1.807, 2.05) is 6.07 Å². The summed E-state index contributed by atoms with van der Waals surface area (Å²) in [5, 5.41) is 0. The molecule has 106 valence electrons. The first-order chi connectivity index (χ1) is 10.0. The molecule has 0 saturated heterocycles. The Labute approximate surface area is 126 Å². The minimum atomic E-state index is -0.00456. The molecule has 2 heterocycles. The highest BCUT2D eigenvalue weighted by Gasteiger charge is 2.24. The van der Waals surface area contributed by atoms with Gasteiger partial charge in [0.1, 0.15) is 0 Å². The van der Waals surface area contributed by atoms with Crippen LogP contribution >= 0.6 is 0 Å². The van der Waals surface area contributed by atoms with Gasteiger partial charge >= 0.3 is 0 Å². The fourth-order valence-electron chi connectivity index (χ4n) is 2.44. The van der Waals surface area contributed by atoms with Crippen molar-refractivity contribution in [1.82, 2.24) is 9.97 Å². The van der Waals surface area contributed by atoms with Crippen molar-refractivity contribution in [3.63, 3.8) is 0 Å². The summed E-state index contributed by atoms with van der Waals surface area (Å²) in [5.74, 6) is 7.41. The monoisotopic (exact) mass is 277 g/mol. The lowest BCUT2D eigenvalue weighted by Crippen LogP contribution is -2.17. The van der Waals surface area contributed by atoms with Crippen LogP contribution < -0.4 is 4.90 Å². The molecule has 0 atom stereocenters. The predicted octanol–water partition coefficient (Wildman–Crippen LogP) is 3.57. The molecule has 3 nitrogen and oxygen atoms in total. The molecule has 1 aromatic heterocycles. The molecule has 0 unspecified atom stereocenters. The molecule has 0 aliphatic carbocycles. The summed E-state index contributed by atoms with van der Waals surface area (Å²) in [4.78, 5) is 10.9. The van der Waals surface area contributed by atoms with E-state index in [9.17, 15) is 0 Å². The Morgan fingerprint density at radius 1 is 1.10 bits per heavy atom. The number of rotatable bonds is 1. The van der Waals surface area contributed by atoms with Crippen LogP contribution in [0.2, 0.25) is 0 Å². The molecule has 1 aliphatic heterocycles. The summed E-state index contributed by atoms with van der Waals surface area (Å²) >= 11 is 0. The van der Waals surface area contributed by atoms with Crippen LogP contribution in [0.1, 0.15) is 31.9 Å². The highest BCUT2D eigenvalue weighted by atomic mass is 15.3. The van der Waals surface area contributed by atoms with Crippen LogP contribution in [-0.2, 0) is 6.42 Å². The van der Waals surface area contributed by atoms with Gasteiger partial charge in [0, 0.05) is 29.9 Å². The second-order valence-corrected chi connectivity index (χ2v) is 6.26. The van der Waals surface area contributed by atoms with E-state index >= 15 is 0 Å². The van der Waals surface area contributed by atoms with E-state index in [4.69, 9.17) is 0 Å². The lowest BCUT2D eigenvalue weighted by Gasteiger charge is -2.18. The first-order valence-electron chi connectivity index (χ1n) is 7.24. The highest BCUT2D eigenvalue weighted by Crippen LogP contribution is 2.35. The normalized spacial score (nSPS) is 13.6. The Balaban J connectivity index is 2.06. The van der Waals surface area contributed by atoms with Gasteiger partial charge in [-0.05, 0) is 44.9 Å². The van der Waals surface area contributed by atoms with Gasteiger partial charge in [-0.3, -0.25) is 0 Å². The minimum Gasteiger partial charge on any atom is -0.309 e. The first kappa shape index (κ1) is 13.6. The molecule has 2 aromatic rings. The zero-order valence-electron chi connectivity index (χ0n) is 12.7. The summed E-state index contributed by atoms with van der Waals surface area (Å²) in [6.07, 6.45) is 4.58. The average Bonchev–Trinajstić information content (AvgIpc) is 2.90. The molecule has 3 rings (SSSR count). The molecule has 1 aromatic carbocycles. The molecule has 1 aliphatic rings. The Morgan fingerprint density at radius 3 is 2.57 bits per heavy atom. The van der Waals surface area contributed by atoms with Crippen LogP contribution in [-0.4, -0.2) is 16.5 Å². The number of benzene rings is 1. The van der Waals surface area contributed by atoms with Crippen molar-refractivity contribution in [3.05, 3.63) is 47.8 Å². The third-order valence-electron chi connectivity index (χ3n) is 3.36. The zero-order chi connectivity index (χ0) is 14.9. The van der Waals surface area contributed by atoms with E-state index in [1.54, 1.807) is 12.4 Å². The molecule has 0 fully saturated rings. The van der Waals surface area contributed by atoms with Crippen LogP contribution in [0.15, 0.2) is 36.7 Å². The molecular formula is C18H19N3. The maximum absolute atomic E-state index is 4.38. The highest BCUT2D eigenvalue weighted by molar-refractivity contribution is 5.73. The molecule has 0 amide bonds. The number of para-hydroxylation sites is 1. The van der Waals surface area contributed by atoms with Crippen LogP contribution in [0.25, 0.3) is 0 Å². The fraction of sp³-hybridized carbons (Fsp3) is 0.333. The Hall–Kier alpha value is -2.34. The Morgan fingerprint density at radius 2 is 1.86 bits per heavy atom. The molecular weight excluding hydrogens is 258 g/mol. The quantitative estimate of drug-likeness (QED) is 0.746. The number of fused-ring (bicyclic) bond motifs is 1. The van der Waals surface area contributed by atoms with E-state index in [0.717, 1.165) is 24.5 Å². The smallest absolute Gasteiger partial charge is 0.229 e. The van der Waals surface area contributed by atoms with Crippen molar-refractivity contribution >= 4 is 11.6 Å². The van der Waals surface area contributed by atoms with E-state index in [-0.39, 0.29) is 5.41 Å². The van der Waals surface area contributed by atoms with Crippen LogP contribution in [0, 0.1) is 17.3 Å². The van der Waals surface area contributed by atoms with E-state index in [2.05, 4.69) is 65.7 Å². The summed E-state index contributed by atoms with van der Waals surface area (Å²) < 4.78 is 0. The van der Waals surface area contributed by atoms with E-state index in [0.29, 0.717) is 0 Å². The number of hydrogen-bond donors (Lipinski definition) is 0. The van der Waals surface area contributed by atoms with Gasteiger partial charge in [0.15, 0.2) is 0 Å². The SMILES string of the molecule is CC(C)(C)C#Cc1cccc2c1N(c1ncccn1)CC2. The number of nitrogens with zero attached hydrogens (tertiary/aromatic N) is 3. The average molecular weight is 277 g/mol. The molecule has 0 radical (unpaired) electrons. The Kier molecular flexibility index (Phi) is 3.39. The lowest BCUT2D eigenvalue weighted by molar-refractivity contribution is 0.571. The molecule has 0 N–H and O–H groups in total. The van der Waals surface area contributed by atoms with Crippen molar-refractivity contribution in [3.8, 4) is 11.8 Å². The molecule has 0 saturated carbocycles. The van der Waals surface area contributed by atoms with Crippen molar-refractivity contribution in [2.45, 2.75) is 27.2 Å². The number of anilines is 2. The first-order valence-corrected chi connectivity index (χ1v) is 7.24. The summed E-state index contributed by atoms with van der Waals surface area (Å²) in [5.41, 5.74) is 3.55. The van der Waals surface area contributed by atoms with E-state index < -0.39 is 0 Å². The molecule has 21 heavy (non-hydrogen) atoms. The van der Waals surface area contributed by atoms with Crippen molar-refractivity contribution < 1.29 is 0 Å². The molecule has 0 bridgehead atoms. The van der Waals surface area contributed by atoms with Gasteiger partial charge in [0.25, 0.3) is 0 Å². The topological polar surface area (TPSA) is 29.0 Å².